The first-order valence-electron chi connectivity index (χ1n) is 5.78. The van der Waals surface area contributed by atoms with Gasteiger partial charge < -0.3 is 4.57 Å². The zero-order chi connectivity index (χ0) is 10.8. The van der Waals surface area contributed by atoms with Crippen LogP contribution in [-0.4, -0.2) is 4.57 Å². The number of nitrogens with zero attached hydrogens (tertiary/aromatic N) is 1. The molecule has 0 unspecified atom stereocenters. The molecule has 0 N–H and O–H groups in total. The molecule has 2 aromatic rings. The van der Waals surface area contributed by atoms with Gasteiger partial charge in [-0.1, -0.05) is 26.8 Å². The summed E-state index contributed by atoms with van der Waals surface area (Å²) in [7, 11) is 0. The SMILES string of the molecule is CCc1ccc2c(ccn2CC(C)C)c1. The molecule has 1 nitrogen and oxygen atoms in total. The molecule has 0 aliphatic heterocycles. The summed E-state index contributed by atoms with van der Waals surface area (Å²) in [5.74, 6) is 0.700. The van der Waals surface area contributed by atoms with Crippen LogP contribution < -0.4 is 0 Å². The van der Waals surface area contributed by atoms with Gasteiger partial charge in [0.2, 0.25) is 0 Å². The zero-order valence-electron chi connectivity index (χ0n) is 9.83. The molecule has 80 valence electrons. The van der Waals surface area contributed by atoms with Gasteiger partial charge in [0.1, 0.15) is 0 Å². The van der Waals surface area contributed by atoms with Crippen molar-refractivity contribution in [3.63, 3.8) is 0 Å². The van der Waals surface area contributed by atoms with Crippen molar-refractivity contribution in [3.8, 4) is 0 Å². The topological polar surface area (TPSA) is 4.93 Å². The monoisotopic (exact) mass is 201 g/mol. The van der Waals surface area contributed by atoms with Crippen LogP contribution in [-0.2, 0) is 13.0 Å². The Morgan fingerprint density at radius 1 is 1.20 bits per heavy atom. The van der Waals surface area contributed by atoms with E-state index in [1.807, 2.05) is 0 Å². The summed E-state index contributed by atoms with van der Waals surface area (Å²) in [6.45, 7) is 7.82. The molecule has 1 heteroatoms. The molecule has 0 aliphatic rings. The van der Waals surface area contributed by atoms with Crippen LogP contribution in [0.1, 0.15) is 26.3 Å². The highest BCUT2D eigenvalue weighted by Crippen LogP contribution is 2.19. The van der Waals surface area contributed by atoms with Crippen molar-refractivity contribution in [2.75, 3.05) is 0 Å². The fourth-order valence-corrected chi connectivity index (χ4v) is 2.02. The van der Waals surface area contributed by atoms with Crippen molar-refractivity contribution in [1.82, 2.24) is 4.57 Å². The van der Waals surface area contributed by atoms with E-state index in [9.17, 15) is 0 Å². The van der Waals surface area contributed by atoms with Crippen LogP contribution >= 0.6 is 0 Å². The van der Waals surface area contributed by atoms with E-state index in [0.717, 1.165) is 13.0 Å². The van der Waals surface area contributed by atoms with E-state index < -0.39 is 0 Å². The predicted octanol–water partition coefficient (Wildman–Crippen LogP) is 3.86. The summed E-state index contributed by atoms with van der Waals surface area (Å²) in [5, 5.41) is 1.37. The Bertz CT molecular complexity index is 451. The smallest absolute Gasteiger partial charge is 0.0480 e. The van der Waals surface area contributed by atoms with Crippen molar-refractivity contribution in [2.45, 2.75) is 33.7 Å². The number of aryl methyl sites for hydroxylation is 1. The van der Waals surface area contributed by atoms with Crippen molar-refractivity contribution in [3.05, 3.63) is 36.0 Å². The van der Waals surface area contributed by atoms with E-state index >= 15 is 0 Å². The molecule has 0 amide bonds. The minimum absolute atomic E-state index is 0.700. The Morgan fingerprint density at radius 3 is 2.67 bits per heavy atom. The maximum atomic E-state index is 2.35. The molecule has 2 rings (SSSR count). The van der Waals surface area contributed by atoms with E-state index in [1.54, 1.807) is 0 Å². The fourth-order valence-electron chi connectivity index (χ4n) is 2.02. The molecule has 0 aliphatic carbocycles. The third kappa shape index (κ3) is 2.06. The molecular weight excluding hydrogens is 182 g/mol. The van der Waals surface area contributed by atoms with Gasteiger partial charge in [0, 0.05) is 18.3 Å². The van der Waals surface area contributed by atoms with Gasteiger partial charge in [-0.15, -0.1) is 0 Å². The Labute approximate surface area is 91.7 Å². The van der Waals surface area contributed by atoms with Crippen LogP contribution in [0.25, 0.3) is 10.9 Å². The lowest BCUT2D eigenvalue weighted by Gasteiger charge is -2.08. The van der Waals surface area contributed by atoms with Crippen molar-refractivity contribution >= 4 is 10.9 Å². The average molecular weight is 201 g/mol. The maximum Gasteiger partial charge on any atom is 0.0480 e. The highest BCUT2D eigenvalue weighted by molar-refractivity contribution is 5.80. The van der Waals surface area contributed by atoms with Crippen molar-refractivity contribution < 1.29 is 0 Å². The minimum atomic E-state index is 0.700. The molecule has 0 atom stereocenters. The zero-order valence-corrected chi connectivity index (χ0v) is 9.83. The van der Waals surface area contributed by atoms with Crippen LogP contribution in [0, 0.1) is 5.92 Å². The Hall–Kier alpha value is -1.24. The molecule has 0 bridgehead atoms. The quantitative estimate of drug-likeness (QED) is 0.710. The number of aromatic nitrogens is 1. The lowest BCUT2D eigenvalue weighted by molar-refractivity contribution is 0.535. The molecule has 0 radical (unpaired) electrons. The standard InChI is InChI=1S/C14H19N/c1-4-12-5-6-14-13(9-12)7-8-15(14)10-11(2)3/h5-9,11H,4,10H2,1-3H3. The van der Waals surface area contributed by atoms with Gasteiger partial charge in [-0.05, 0) is 41.5 Å². The van der Waals surface area contributed by atoms with E-state index in [0.29, 0.717) is 5.92 Å². The molecule has 0 fully saturated rings. The molecule has 0 saturated carbocycles. The van der Waals surface area contributed by atoms with Gasteiger partial charge in [0.25, 0.3) is 0 Å². The van der Waals surface area contributed by atoms with Gasteiger partial charge >= 0.3 is 0 Å². The summed E-state index contributed by atoms with van der Waals surface area (Å²) < 4.78 is 2.35. The third-order valence-electron chi connectivity index (χ3n) is 2.81. The van der Waals surface area contributed by atoms with E-state index in [4.69, 9.17) is 0 Å². The van der Waals surface area contributed by atoms with Crippen LogP contribution in [0.15, 0.2) is 30.5 Å². The Morgan fingerprint density at radius 2 is 2.00 bits per heavy atom. The molecule has 15 heavy (non-hydrogen) atoms. The number of hydrogen-bond acceptors (Lipinski definition) is 0. The highest BCUT2D eigenvalue weighted by Gasteiger charge is 2.02. The third-order valence-corrected chi connectivity index (χ3v) is 2.81. The summed E-state index contributed by atoms with van der Waals surface area (Å²) in [6.07, 6.45) is 3.31. The van der Waals surface area contributed by atoms with E-state index in [1.165, 1.54) is 16.5 Å². The summed E-state index contributed by atoms with van der Waals surface area (Å²) in [4.78, 5) is 0. The number of rotatable bonds is 3. The van der Waals surface area contributed by atoms with Crippen molar-refractivity contribution in [2.24, 2.45) is 5.92 Å². The summed E-state index contributed by atoms with van der Waals surface area (Å²) in [6, 6.07) is 9.00. The van der Waals surface area contributed by atoms with Gasteiger partial charge in [0.15, 0.2) is 0 Å². The Balaban J connectivity index is 2.43. The molecule has 0 saturated heterocycles. The second-order valence-corrected chi connectivity index (χ2v) is 4.61. The normalized spacial score (nSPS) is 11.5. The highest BCUT2D eigenvalue weighted by atomic mass is 15.0. The first-order valence-corrected chi connectivity index (χ1v) is 5.78. The Kier molecular flexibility index (Phi) is 2.81. The van der Waals surface area contributed by atoms with Crippen molar-refractivity contribution in [1.29, 1.82) is 0 Å². The molecule has 1 aromatic carbocycles. The lowest BCUT2D eigenvalue weighted by Crippen LogP contribution is -2.02. The fraction of sp³-hybridized carbons (Fsp3) is 0.429. The first kappa shape index (κ1) is 10.3. The van der Waals surface area contributed by atoms with E-state index in [-0.39, 0.29) is 0 Å². The van der Waals surface area contributed by atoms with Gasteiger partial charge in [-0.3, -0.25) is 0 Å². The van der Waals surface area contributed by atoms with Crippen LogP contribution in [0.3, 0.4) is 0 Å². The van der Waals surface area contributed by atoms with Gasteiger partial charge in [-0.25, -0.2) is 0 Å². The van der Waals surface area contributed by atoms with Crippen LogP contribution in [0.5, 0.6) is 0 Å². The van der Waals surface area contributed by atoms with Gasteiger partial charge in [-0.2, -0.15) is 0 Å². The van der Waals surface area contributed by atoms with Crippen LogP contribution in [0.2, 0.25) is 0 Å². The number of benzene rings is 1. The largest absolute Gasteiger partial charge is 0.347 e. The lowest BCUT2D eigenvalue weighted by atomic mass is 10.1. The second kappa shape index (κ2) is 4.09. The molecule has 1 aromatic heterocycles. The van der Waals surface area contributed by atoms with Crippen LogP contribution in [0.4, 0.5) is 0 Å². The number of hydrogen-bond donors (Lipinski definition) is 0. The second-order valence-electron chi connectivity index (χ2n) is 4.61. The number of fused-ring (bicyclic) bond motifs is 1. The first-order chi connectivity index (χ1) is 7.20. The predicted molar refractivity (Wildman–Crippen MR) is 66.2 cm³/mol. The minimum Gasteiger partial charge on any atom is -0.347 e. The maximum absolute atomic E-state index is 2.35. The summed E-state index contributed by atoms with van der Waals surface area (Å²) >= 11 is 0. The molecular formula is C14H19N. The summed E-state index contributed by atoms with van der Waals surface area (Å²) in [5.41, 5.74) is 2.78. The average Bonchev–Trinajstić information content (AvgIpc) is 2.60. The van der Waals surface area contributed by atoms with E-state index in [2.05, 4.69) is 55.8 Å². The van der Waals surface area contributed by atoms with Gasteiger partial charge in [0.05, 0.1) is 0 Å². The molecule has 0 spiro atoms. The molecule has 1 heterocycles.